The Balaban J connectivity index is 2.98. The zero-order chi connectivity index (χ0) is 11.0. The molecule has 14 heavy (non-hydrogen) atoms. The maximum atomic E-state index is 11.4. The fourth-order valence-corrected chi connectivity index (χ4v) is 2.51. The van der Waals surface area contributed by atoms with Crippen molar-refractivity contribution in [3.8, 4) is 0 Å². The summed E-state index contributed by atoms with van der Waals surface area (Å²) in [5.41, 5.74) is 5.05. The molecule has 0 aromatic heterocycles. The summed E-state index contributed by atoms with van der Waals surface area (Å²) >= 11 is 0. The average Bonchev–Trinajstić information content (AvgIpc) is 2.01. The first-order valence-corrected chi connectivity index (χ1v) is 5.28. The van der Waals surface area contributed by atoms with Gasteiger partial charge in [0.05, 0.1) is 5.41 Å². The summed E-state index contributed by atoms with van der Waals surface area (Å²) in [6.45, 7) is 6.00. The van der Waals surface area contributed by atoms with Crippen LogP contribution in [0.25, 0.3) is 0 Å². The van der Waals surface area contributed by atoms with Crippen molar-refractivity contribution in [2.75, 3.05) is 0 Å². The number of carboxylic acid groups (broad SMARTS) is 1. The van der Waals surface area contributed by atoms with E-state index in [1.807, 2.05) is 20.8 Å². The van der Waals surface area contributed by atoms with Crippen LogP contribution in [0.4, 0.5) is 0 Å². The Kier molecular flexibility index (Phi) is 2.91. The van der Waals surface area contributed by atoms with Crippen molar-refractivity contribution in [3.63, 3.8) is 0 Å². The summed E-state index contributed by atoms with van der Waals surface area (Å²) in [6.07, 6.45) is 3.28. The molecule has 3 nitrogen and oxygen atoms in total. The van der Waals surface area contributed by atoms with Gasteiger partial charge in [0.2, 0.25) is 0 Å². The summed E-state index contributed by atoms with van der Waals surface area (Å²) in [5.74, 6) is -0.680. The Morgan fingerprint density at radius 3 is 2.36 bits per heavy atom. The maximum Gasteiger partial charge on any atom is 0.310 e. The van der Waals surface area contributed by atoms with Gasteiger partial charge in [-0.2, -0.15) is 0 Å². The summed E-state index contributed by atoms with van der Waals surface area (Å²) in [4.78, 5) is 11.4. The lowest BCUT2D eigenvalue weighted by Crippen LogP contribution is -2.49. The van der Waals surface area contributed by atoms with Gasteiger partial charge in [-0.25, -0.2) is 0 Å². The molecule has 1 fully saturated rings. The Hall–Kier alpha value is -0.570. The number of carbonyl (C=O) groups is 1. The van der Waals surface area contributed by atoms with E-state index < -0.39 is 11.4 Å². The van der Waals surface area contributed by atoms with Crippen molar-refractivity contribution in [2.45, 2.75) is 52.5 Å². The highest BCUT2D eigenvalue weighted by Gasteiger charge is 2.50. The van der Waals surface area contributed by atoms with Crippen LogP contribution in [-0.4, -0.2) is 17.1 Å². The minimum atomic E-state index is -0.680. The first kappa shape index (κ1) is 11.5. The van der Waals surface area contributed by atoms with Gasteiger partial charge in [0.1, 0.15) is 0 Å². The van der Waals surface area contributed by atoms with Crippen LogP contribution in [0.3, 0.4) is 0 Å². The van der Waals surface area contributed by atoms with E-state index in [1.54, 1.807) is 0 Å². The molecule has 1 rings (SSSR count). The molecule has 0 bridgehead atoms. The predicted molar refractivity (Wildman–Crippen MR) is 56.0 cm³/mol. The fourth-order valence-electron chi connectivity index (χ4n) is 2.51. The van der Waals surface area contributed by atoms with Gasteiger partial charge >= 0.3 is 5.97 Å². The molecule has 0 heterocycles. The lowest BCUT2D eigenvalue weighted by molar-refractivity contribution is -0.160. The average molecular weight is 199 g/mol. The molecular formula is C11H21NO2. The van der Waals surface area contributed by atoms with Crippen LogP contribution in [0.5, 0.6) is 0 Å². The number of hydrogen-bond donors (Lipinski definition) is 2. The first-order valence-electron chi connectivity index (χ1n) is 5.28. The van der Waals surface area contributed by atoms with E-state index in [0.29, 0.717) is 6.42 Å². The molecular weight excluding hydrogens is 178 g/mol. The van der Waals surface area contributed by atoms with Crippen molar-refractivity contribution in [1.29, 1.82) is 0 Å². The van der Waals surface area contributed by atoms with Crippen LogP contribution < -0.4 is 5.73 Å². The topological polar surface area (TPSA) is 63.3 Å². The van der Waals surface area contributed by atoms with Crippen LogP contribution in [0.15, 0.2) is 0 Å². The maximum absolute atomic E-state index is 11.4. The molecule has 0 radical (unpaired) electrons. The second kappa shape index (κ2) is 3.54. The molecule has 82 valence electrons. The predicted octanol–water partition coefficient (Wildman–Crippen LogP) is 2.00. The molecule has 0 unspecified atom stereocenters. The highest BCUT2D eigenvalue weighted by Crippen LogP contribution is 2.49. The Labute approximate surface area is 85.7 Å². The summed E-state index contributed by atoms with van der Waals surface area (Å²) in [7, 11) is 0. The van der Waals surface area contributed by atoms with Crippen molar-refractivity contribution < 1.29 is 9.90 Å². The standard InChI is InChI=1S/C11H21NO2/c1-10(2,3)11(9(13)14)6-4-5-8(12)7-11/h8H,4-7,12H2,1-3H3,(H,13,14)/t8-,11-/m1/s1. The van der Waals surface area contributed by atoms with Gasteiger partial charge in [-0.1, -0.05) is 27.2 Å². The van der Waals surface area contributed by atoms with E-state index in [-0.39, 0.29) is 11.5 Å². The van der Waals surface area contributed by atoms with E-state index in [2.05, 4.69) is 0 Å². The lowest BCUT2D eigenvalue weighted by atomic mass is 9.58. The van der Waals surface area contributed by atoms with Gasteiger partial charge in [0.15, 0.2) is 0 Å². The van der Waals surface area contributed by atoms with Crippen LogP contribution in [0, 0.1) is 10.8 Å². The number of rotatable bonds is 1. The molecule has 0 saturated heterocycles. The molecule has 0 aromatic rings. The highest BCUT2D eigenvalue weighted by molar-refractivity contribution is 5.76. The van der Waals surface area contributed by atoms with Gasteiger partial charge in [0, 0.05) is 6.04 Å². The third-order valence-electron chi connectivity index (χ3n) is 3.63. The van der Waals surface area contributed by atoms with Gasteiger partial charge in [0.25, 0.3) is 0 Å². The smallest absolute Gasteiger partial charge is 0.310 e. The number of nitrogens with two attached hydrogens (primary N) is 1. The van der Waals surface area contributed by atoms with Gasteiger partial charge < -0.3 is 10.8 Å². The molecule has 3 heteroatoms. The summed E-state index contributed by atoms with van der Waals surface area (Å²) in [6, 6.07) is 0.0547. The molecule has 0 amide bonds. The molecule has 3 N–H and O–H groups in total. The third-order valence-corrected chi connectivity index (χ3v) is 3.63. The zero-order valence-corrected chi connectivity index (χ0v) is 9.34. The quantitative estimate of drug-likeness (QED) is 0.679. The SMILES string of the molecule is CC(C)(C)[C@]1(C(=O)O)CCC[C@@H](N)C1. The van der Waals surface area contributed by atoms with Crippen molar-refractivity contribution in [3.05, 3.63) is 0 Å². The van der Waals surface area contributed by atoms with E-state index in [9.17, 15) is 9.90 Å². The second-order valence-corrected chi connectivity index (χ2v) is 5.49. The van der Waals surface area contributed by atoms with Crippen molar-refractivity contribution in [1.82, 2.24) is 0 Å². The largest absolute Gasteiger partial charge is 0.481 e. The zero-order valence-electron chi connectivity index (χ0n) is 9.34. The van der Waals surface area contributed by atoms with E-state index in [4.69, 9.17) is 5.73 Å². The normalized spacial score (nSPS) is 34.1. The van der Waals surface area contributed by atoms with Crippen LogP contribution in [0.2, 0.25) is 0 Å². The number of hydrogen-bond acceptors (Lipinski definition) is 2. The molecule has 2 atom stereocenters. The van der Waals surface area contributed by atoms with Crippen LogP contribution in [0.1, 0.15) is 46.5 Å². The van der Waals surface area contributed by atoms with Gasteiger partial charge in [-0.05, 0) is 24.7 Å². The first-order chi connectivity index (χ1) is 6.29. The van der Waals surface area contributed by atoms with Crippen LogP contribution >= 0.6 is 0 Å². The molecule has 1 saturated carbocycles. The van der Waals surface area contributed by atoms with E-state index in [1.165, 1.54) is 0 Å². The van der Waals surface area contributed by atoms with Gasteiger partial charge in [-0.3, -0.25) is 4.79 Å². The minimum absolute atomic E-state index is 0.0547. The van der Waals surface area contributed by atoms with Gasteiger partial charge in [-0.15, -0.1) is 0 Å². The lowest BCUT2D eigenvalue weighted by Gasteiger charge is -2.45. The Morgan fingerprint density at radius 1 is 1.50 bits per heavy atom. The van der Waals surface area contributed by atoms with Crippen LogP contribution in [-0.2, 0) is 4.79 Å². The molecule has 0 aromatic carbocycles. The van der Waals surface area contributed by atoms with Crippen molar-refractivity contribution >= 4 is 5.97 Å². The molecule has 0 spiro atoms. The fraction of sp³-hybridized carbons (Fsp3) is 0.909. The molecule has 1 aliphatic rings. The third kappa shape index (κ3) is 1.78. The molecule has 0 aliphatic heterocycles. The number of carboxylic acids is 1. The number of aliphatic carboxylic acids is 1. The van der Waals surface area contributed by atoms with Crippen molar-refractivity contribution in [2.24, 2.45) is 16.6 Å². The molecule has 1 aliphatic carbocycles. The Bertz CT molecular complexity index is 232. The second-order valence-electron chi connectivity index (χ2n) is 5.49. The van der Waals surface area contributed by atoms with E-state index >= 15 is 0 Å². The Morgan fingerprint density at radius 2 is 2.07 bits per heavy atom. The van der Waals surface area contributed by atoms with E-state index in [0.717, 1.165) is 19.3 Å². The summed E-state index contributed by atoms with van der Waals surface area (Å²) < 4.78 is 0. The highest BCUT2D eigenvalue weighted by atomic mass is 16.4. The summed E-state index contributed by atoms with van der Waals surface area (Å²) in [5, 5.41) is 9.39. The minimum Gasteiger partial charge on any atom is -0.481 e. The monoisotopic (exact) mass is 199 g/mol.